The van der Waals surface area contributed by atoms with Crippen molar-refractivity contribution >= 4 is 43.7 Å². The van der Waals surface area contributed by atoms with Crippen LogP contribution in [0.25, 0.3) is 22.8 Å². The fraction of sp³-hybridized carbons (Fsp3) is 0.214. The molecule has 0 aliphatic heterocycles. The van der Waals surface area contributed by atoms with Crippen LogP contribution in [0.4, 0.5) is 23.7 Å². The normalized spacial score (nSPS) is 12.5. The molecule has 4 rings (SSSR count). The third-order valence-corrected chi connectivity index (χ3v) is 7.87. The van der Waals surface area contributed by atoms with Crippen molar-refractivity contribution in [2.24, 2.45) is 0 Å². The molecule has 11 nitrogen and oxygen atoms in total. The molecule has 0 aliphatic rings. The van der Waals surface area contributed by atoms with E-state index in [1.165, 1.54) is 12.1 Å². The molecule has 1 heterocycles. The SMILES string of the molecule is CC(C)(C)OC(=O)Nc1ccc(-c2nc(-c3ccc(CC(NS(=O)(=O)c4cc(F)c(Br)cc4F)C(=O)O)cc3F)no2)cc1. The first-order chi connectivity index (χ1) is 20.5. The maximum absolute atomic E-state index is 15.1. The van der Waals surface area contributed by atoms with E-state index in [1.807, 2.05) is 4.72 Å². The van der Waals surface area contributed by atoms with Crippen LogP contribution in [-0.4, -0.2) is 47.4 Å². The first kappa shape index (κ1) is 32.6. The van der Waals surface area contributed by atoms with Crippen molar-refractivity contribution in [1.29, 1.82) is 0 Å². The van der Waals surface area contributed by atoms with Gasteiger partial charge in [0.05, 0.1) is 10.0 Å². The van der Waals surface area contributed by atoms with Crippen molar-refractivity contribution in [2.75, 3.05) is 5.32 Å². The molecule has 44 heavy (non-hydrogen) atoms. The lowest BCUT2D eigenvalue weighted by molar-refractivity contribution is -0.138. The van der Waals surface area contributed by atoms with Crippen molar-refractivity contribution in [3.05, 3.63) is 82.1 Å². The third-order valence-electron chi connectivity index (χ3n) is 5.78. The number of nitrogens with zero attached hydrogens (tertiary/aromatic N) is 2. The van der Waals surface area contributed by atoms with Gasteiger partial charge in [0.15, 0.2) is 0 Å². The van der Waals surface area contributed by atoms with Gasteiger partial charge in [0.25, 0.3) is 5.89 Å². The number of aliphatic carboxylic acids is 1. The molecule has 0 fully saturated rings. The summed E-state index contributed by atoms with van der Waals surface area (Å²) >= 11 is 2.73. The number of hydrogen-bond donors (Lipinski definition) is 3. The van der Waals surface area contributed by atoms with Crippen LogP contribution < -0.4 is 10.0 Å². The van der Waals surface area contributed by atoms with Gasteiger partial charge in [0.1, 0.15) is 34.0 Å². The number of rotatable bonds is 9. The highest BCUT2D eigenvalue weighted by Gasteiger charge is 2.29. The van der Waals surface area contributed by atoms with E-state index in [9.17, 15) is 31.9 Å². The first-order valence-corrected chi connectivity index (χ1v) is 14.9. The molecule has 1 atom stereocenters. The topological polar surface area (TPSA) is 161 Å². The van der Waals surface area contributed by atoms with Gasteiger partial charge < -0.3 is 14.4 Å². The number of carbonyl (C=O) groups is 2. The number of aromatic nitrogens is 2. The van der Waals surface area contributed by atoms with Gasteiger partial charge in [-0.25, -0.2) is 26.4 Å². The second-order valence-corrected chi connectivity index (χ2v) is 12.9. The Balaban J connectivity index is 1.47. The Kier molecular flexibility index (Phi) is 9.46. The van der Waals surface area contributed by atoms with Crippen molar-refractivity contribution in [3.8, 4) is 22.8 Å². The number of benzene rings is 3. The van der Waals surface area contributed by atoms with Gasteiger partial charge in [-0.2, -0.15) is 9.71 Å². The average Bonchev–Trinajstić information content (AvgIpc) is 3.39. The summed E-state index contributed by atoms with van der Waals surface area (Å²) in [5.41, 5.74) is 0.220. The number of carboxylic acid groups (broad SMARTS) is 1. The van der Waals surface area contributed by atoms with Gasteiger partial charge in [-0.3, -0.25) is 10.1 Å². The van der Waals surface area contributed by atoms with E-state index >= 15 is 4.39 Å². The van der Waals surface area contributed by atoms with Crippen LogP contribution in [0.3, 0.4) is 0 Å². The number of amides is 1. The molecular weight excluding hydrogens is 673 g/mol. The predicted octanol–water partition coefficient (Wildman–Crippen LogP) is 5.90. The Bertz CT molecular complexity index is 1830. The lowest BCUT2D eigenvalue weighted by atomic mass is 10.0. The van der Waals surface area contributed by atoms with Crippen LogP contribution in [0.2, 0.25) is 0 Å². The zero-order valence-electron chi connectivity index (χ0n) is 23.2. The molecule has 3 aromatic carbocycles. The van der Waals surface area contributed by atoms with E-state index in [-0.39, 0.29) is 27.3 Å². The third kappa shape index (κ3) is 8.00. The van der Waals surface area contributed by atoms with Crippen LogP contribution in [0, 0.1) is 17.5 Å². The zero-order valence-corrected chi connectivity index (χ0v) is 25.6. The highest BCUT2D eigenvalue weighted by atomic mass is 79.9. The molecule has 232 valence electrons. The van der Waals surface area contributed by atoms with Gasteiger partial charge in [-0.1, -0.05) is 11.2 Å². The van der Waals surface area contributed by atoms with Crippen molar-refractivity contribution in [1.82, 2.24) is 14.9 Å². The standard InChI is InChI=1S/C28H24BrF3N4O7S/c1-28(2,3)42-27(39)33-16-7-5-15(6-8-16)25-34-24(35-43-25)17-9-4-14(10-19(17)30)11-22(26(37)38)36-44(40,41)23-13-20(31)18(29)12-21(23)32/h4-10,12-13,22,36H,11H2,1-3H3,(H,33,39)(H,37,38). The fourth-order valence-electron chi connectivity index (χ4n) is 3.81. The number of carboxylic acids is 1. The second kappa shape index (κ2) is 12.8. The molecule has 3 N–H and O–H groups in total. The molecule has 0 spiro atoms. The maximum atomic E-state index is 15.1. The Hall–Kier alpha value is -4.28. The number of sulfonamides is 1. The van der Waals surface area contributed by atoms with Crippen LogP contribution >= 0.6 is 15.9 Å². The van der Waals surface area contributed by atoms with Gasteiger partial charge in [0, 0.05) is 11.3 Å². The lowest BCUT2D eigenvalue weighted by Gasteiger charge is -2.19. The lowest BCUT2D eigenvalue weighted by Crippen LogP contribution is -2.42. The summed E-state index contributed by atoms with van der Waals surface area (Å²) in [5, 5.41) is 15.9. The molecule has 0 bridgehead atoms. The monoisotopic (exact) mass is 696 g/mol. The minimum atomic E-state index is -4.82. The predicted molar refractivity (Wildman–Crippen MR) is 154 cm³/mol. The largest absolute Gasteiger partial charge is 0.480 e. The van der Waals surface area contributed by atoms with E-state index in [1.54, 1.807) is 45.0 Å². The molecule has 0 saturated heterocycles. The summed E-state index contributed by atoms with van der Waals surface area (Å²) in [6.07, 6.45) is -1.17. The minimum absolute atomic E-state index is 0.0456. The van der Waals surface area contributed by atoms with Crippen LogP contribution in [0.1, 0.15) is 26.3 Å². The summed E-state index contributed by atoms with van der Waals surface area (Å²) in [6, 6.07) is 9.03. The van der Waals surface area contributed by atoms with E-state index in [0.29, 0.717) is 23.4 Å². The molecule has 0 saturated carbocycles. The van der Waals surface area contributed by atoms with E-state index in [0.717, 1.165) is 6.07 Å². The smallest absolute Gasteiger partial charge is 0.412 e. The van der Waals surface area contributed by atoms with Gasteiger partial charge in [-0.05, 0) is 97.2 Å². The molecule has 1 aromatic heterocycles. The number of hydrogen-bond acceptors (Lipinski definition) is 8. The van der Waals surface area contributed by atoms with Crippen molar-refractivity contribution < 1.29 is 45.5 Å². The quantitative estimate of drug-likeness (QED) is 0.181. The van der Waals surface area contributed by atoms with Gasteiger partial charge in [0.2, 0.25) is 15.8 Å². The molecular formula is C28H24BrF3N4O7S. The van der Waals surface area contributed by atoms with Gasteiger partial charge in [-0.15, -0.1) is 0 Å². The van der Waals surface area contributed by atoms with E-state index < -0.39 is 62.5 Å². The number of carbonyl (C=O) groups excluding carboxylic acids is 1. The van der Waals surface area contributed by atoms with Gasteiger partial charge >= 0.3 is 12.1 Å². The molecule has 1 amide bonds. The van der Waals surface area contributed by atoms with Crippen molar-refractivity contribution in [3.63, 3.8) is 0 Å². The number of ether oxygens (including phenoxy) is 1. The summed E-state index contributed by atoms with van der Waals surface area (Å²) in [4.78, 5) is 26.8. The van der Waals surface area contributed by atoms with Crippen LogP contribution in [0.5, 0.6) is 0 Å². The Morgan fingerprint density at radius 1 is 1.02 bits per heavy atom. The fourth-order valence-corrected chi connectivity index (χ4v) is 5.39. The van der Waals surface area contributed by atoms with E-state index in [2.05, 4.69) is 31.4 Å². The summed E-state index contributed by atoms with van der Waals surface area (Å²) in [6.45, 7) is 5.20. The molecule has 1 unspecified atom stereocenters. The molecule has 4 aromatic rings. The molecule has 0 radical (unpaired) electrons. The molecule has 0 aliphatic carbocycles. The highest BCUT2D eigenvalue weighted by Crippen LogP contribution is 2.27. The minimum Gasteiger partial charge on any atom is -0.480 e. The number of halogens is 4. The summed E-state index contributed by atoms with van der Waals surface area (Å²) in [5.74, 6) is -4.95. The zero-order chi connectivity index (χ0) is 32.4. The Labute approximate surface area is 257 Å². The Morgan fingerprint density at radius 2 is 1.70 bits per heavy atom. The second-order valence-electron chi connectivity index (χ2n) is 10.4. The number of nitrogens with one attached hydrogen (secondary N) is 2. The average molecular weight is 697 g/mol. The highest BCUT2D eigenvalue weighted by molar-refractivity contribution is 9.10. The van der Waals surface area contributed by atoms with Crippen LogP contribution in [-0.2, 0) is 26.0 Å². The van der Waals surface area contributed by atoms with E-state index in [4.69, 9.17) is 9.26 Å². The first-order valence-electron chi connectivity index (χ1n) is 12.6. The van der Waals surface area contributed by atoms with Crippen molar-refractivity contribution in [2.45, 2.75) is 43.7 Å². The summed E-state index contributed by atoms with van der Waals surface area (Å²) in [7, 11) is -4.82. The number of anilines is 1. The Morgan fingerprint density at radius 3 is 2.32 bits per heavy atom. The summed E-state index contributed by atoms with van der Waals surface area (Å²) < 4.78 is 80.4. The van der Waals surface area contributed by atoms with Crippen LogP contribution in [0.15, 0.2) is 68.5 Å². The molecule has 16 heteroatoms. The maximum Gasteiger partial charge on any atom is 0.412 e.